The van der Waals surface area contributed by atoms with Gasteiger partial charge in [-0.3, -0.25) is 4.68 Å². The van der Waals surface area contributed by atoms with E-state index >= 15 is 0 Å². The molecule has 114 valence electrons. The minimum Gasteiger partial charge on any atom is -0.311 e. The predicted molar refractivity (Wildman–Crippen MR) is 86.9 cm³/mol. The molecule has 20 heavy (non-hydrogen) atoms. The Hall–Kier alpha value is -0.390. The summed E-state index contributed by atoms with van der Waals surface area (Å²) in [5.74, 6) is 0. The second kappa shape index (κ2) is 6.58. The number of likely N-dealkylation sites (tertiary alicyclic amines) is 1. The summed E-state index contributed by atoms with van der Waals surface area (Å²) in [6, 6.07) is 0. The van der Waals surface area contributed by atoms with Crippen LogP contribution in [0.3, 0.4) is 0 Å². The lowest BCUT2D eigenvalue weighted by atomic mass is 9.80. The maximum atomic E-state index is 4.54. The zero-order valence-corrected chi connectivity index (χ0v) is 14.8. The highest BCUT2D eigenvalue weighted by molar-refractivity contribution is 9.10. The zero-order valence-electron chi connectivity index (χ0n) is 13.2. The summed E-state index contributed by atoms with van der Waals surface area (Å²) in [6.45, 7) is 11.9. The summed E-state index contributed by atoms with van der Waals surface area (Å²) >= 11 is 3.66. The van der Waals surface area contributed by atoms with E-state index in [2.05, 4.69) is 63.7 Å². The van der Waals surface area contributed by atoms with E-state index in [1.165, 1.54) is 31.6 Å². The smallest absolute Gasteiger partial charge is 0.0739 e. The standard InChI is InChI=1S/C15H27BrN4/c1-5-20-13(14(16)12(2)18-20)10-17-11-15(3)6-8-19(4)9-7-15/h17H,5-11H2,1-4H3. The molecule has 1 fully saturated rings. The lowest BCUT2D eigenvalue weighted by Gasteiger charge is -2.38. The van der Waals surface area contributed by atoms with Crippen LogP contribution < -0.4 is 5.32 Å². The van der Waals surface area contributed by atoms with Crippen molar-refractivity contribution in [3.8, 4) is 0 Å². The summed E-state index contributed by atoms with van der Waals surface area (Å²) in [5, 5.41) is 8.19. The van der Waals surface area contributed by atoms with Gasteiger partial charge in [0.15, 0.2) is 0 Å². The molecule has 1 aromatic heterocycles. The van der Waals surface area contributed by atoms with Gasteiger partial charge in [-0.05, 0) is 68.2 Å². The lowest BCUT2D eigenvalue weighted by Crippen LogP contribution is -2.42. The fourth-order valence-corrected chi connectivity index (χ4v) is 3.28. The Bertz CT molecular complexity index is 447. The molecule has 4 nitrogen and oxygen atoms in total. The van der Waals surface area contributed by atoms with Crippen LogP contribution in [-0.4, -0.2) is 41.4 Å². The average Bonchev–Trinajstić information content (AvgIpc) is 2.70. The maximum absolute atomic E-state index is 4.54. The number of halogens is 1. The first-order valence-corrected chi connectivity index (χ1v) is 8.35. The van der Waals surface area contributed by atoms with Crippen LogP contribution in [0.1, 0.15) is 38.1 Å². The number of rotatable bonds is 5. The summed E-state index contributed by atoms with van der Waals surface area (Å²) in [7, 11) is 2.21. The Morgan fingerprint density at radius 1 is 1.35 bits per heavy atom. The molecule has 0 saturated carbocycles. The molecule has 0 spiro atoms. The molecule has 1 N–H and O–H groups in total. The molecule has 1 saturated heterocycles. The van der Waals surface area contributed by atoms with Gasteiger partial charge in [0.25, 0.3) is 0 Å². The molecular weight excluding hydrogens is 316 g/mol. The fourth-order valence-electron chi connectivity index (χ4n) is 2.86. The molecule has 5 heteroatoms. The maximum Gasteiger partial charge on any atom is 0.0739 e. The quantitative estimate of drug-likeness (QED) is 0.893. The average molecular weight is 343 g/mol. The number of hydrogen-bond acceptors (Lipinski definition) is 3. The van der Waals surface area contributed by atoms with E-state index in [1.54, 1.807) is 0 Å². The van der Waals surface area contributed by atoms with Crippen molar-refractivity contribution in [3.63, 3.8) is 0 Å². The molecule has 2 rings (SSSR count). The fraction of sp³-hybridized carbons (Fsp3) is 0.800. The van der Waals surface area contributed by atoms with E-state index in [0.717, 1.165) is 29.8 Å². The van der Waals surface area contributed by atoms with Gasteiger partial charge in [-0.15, -0.1) is 0 Å². The molecule has 1 aromatic rings. The van der Waals surface area contributed by atoms with Crippen molar-refractivity contribution in [2.45, 2.75) is 46.7 Å². The Labute approximate surface area is 131 Å². The molecule has 0 amide bonds. The number of aryl methyl sites for hydroxylation is 2. The van der Waals surface area contributed by atoms with Crippen molar-refractivity contribution in [2.24, 2.45) is 5.41 Å². The summed E-state index contributed by atoms with van der Waals surface area (Å²) in [6.07, 6.45) is 2.56. The van der Waals surface area contributed by atoms with E-state index in [4.69, 9.17) is 0 Å². The Morgan fingerprint density at radius 2 is 2.00 bits per heavy atom. The molecule has 0 unspecified atom stereocenters. The van der Waals surface area contributed by atoms with E-state index in [9.17, 15) is 0 Å². The predicted octanol–water partition coefficient (Wildman–Crippen LogP) is 2.80. The molecule has 0 aromatic carbocycles. The first-order valence-electron chi connectivity index (χ1n) is 7.56. The van der Waals surface area contributed by atoms with Crippen LogP contribution in [-0.2, 0) is 13.1 Å². The van der Waals surface area contributed by atoms with Gasteiger partial charge < -0.3 is 10.2 Å². The van der Waals surface area contributed by atoms with Gasteiger partial charge in [-0.1, -0.05) is 6.92 Å². The number of piperidine rings is 1. The largest absolute Gasteiger partial charge is 0.311 e. The first kappa shape index (κ1) is 16.0. The van der Waals surface area contributed by atoms with Crippen LogP contribution in [0, 0.1) is 12.3 Å². The first-order chi connectivity index (χ1) is 9.45. The molecule has 0 aliphatic carbocycles. The van der Waals surface area contributed by atoms with Crippen molar-refractivity contribution >= 4 is 15.9 Å². The Morgan fingerprint density at radius 3 is 2.60 bits per heavy atom. The minimum absolute atomic E-state index is 0.436. The third kappa shape index (κ3) is 3.62. The highest BCUT2D eigenvalue weighted by Crippen LogP contribution is 2.29. The molecule has 0 atom stereocenters. The van der Waals surface area contributed by atoms with Crippen LogP contribution >= 0.6 is 15.9 Å². The molecule has 0 bridgehead atoms. The molecule has 0 radical (unpaired) electrons. The van der Waals surface area contributed by atoms with E-state index in [-0.39, 0.29) is 0 Å². The monoisotopic (exact) mass is 342 g/mol. The minimum atomic E-state index is 0.436. The van der Waals surface area contributed by atoms with Crippen LogP contribution in [0.25, 0.3) is 0 Å². The third-order valence-corrected chi connectivity index (χ3v) is 5.52. The zero-order chi connectivity index (χ0) is 14.8. The SMILES string of the molecule is CCn1nc(C)c(Br)c1CNCC1(C)CCN(C)CC1. The van der Waals surface area contributed by atoms with E-state index < -0.39 is 0 Å². The molecular formula is C15H27BrN4. The van der Waals surface area contributed by atoms with Gasteiger partial charge in [0.1, 0.15) is 0 Å². The Kier molecular flexibility index (Phi) is 5.26. The normalized spacial score (nSPS) is 19.4. The molecule has 1 aliphatic heterocycles. The lowest BCUT2D eigenvalue weighted by molar-refractivity contribution is 0.136. The van der Waals surface area contributed by atoms with Gasteiger partial charge in [0, 0.05) is 19.6 Å². The van der Waals surface area contributed by atoms with Gasteiger partial charge in [0.2, 0.25) is 0 Å². The molecule has 1 aliphatic rings. The van der Waals surface area contributed by atoms with Crippen LogP contribution in [0.5, 0.6) is 0 Å². The van der Waals surface area contributed by atoms with Crippen molar-refractivity contribution in [1.82, 2.24) is 20.0 Å². The van der Waals surface area contributed by atoms with Crippen molar-refractivity contribution in [1.29, 1.82) is 0 Å². The number of nitrogens with one attached hydrogen (secondary N) is 1. The summed E-state index contributed by atoms with van der Waals surface area (Å²) < 4.78 is 3.24. The number of hydrogen-bond donors (Lipinski definition) is 1. The third-order valence-electron chi connectivity index (χ3n) is 4.49. The van der Waals surface area contributed by atoms with Crippen molar-refractivity contribution < 1.29 is 0 Å². The summed E-state index contributed by atoms with van der Waals surface area (Å²) in [5.41, 5.74) is 2.78. The highest BCUT2D eigenvalue weighted by Gasteiger charge is 2.28. The van der Waals surface area contributed by atoms with Gasteiger partial charge in [-0.2, -0.15) is 5.10 Å². The number of nitrogens with zero attached hydrogens (tertiary/aromatic N) is 3. The van der Waals surface area contributed by atoms with Crippen LogP contribution in [0.4, 0.5) is 0 Å². The topological polar surface area (TPSA) is 33.1 Å². The van der Waals surface area contributed by atoms with Gasteiger partial charge in [0.05, 0.1) is 15.9 Å². The molecule has 2 heterocycles. The van der Waals surface area contributed by atoms with Crippen LogP contribution in [0.15, 0.2) is 4.47 Å². The second-order valence-corrected chi connectivity index (χ2v) is 7.17. The van der Waals surface area contributed by atoms with E-state index in [1.807, 2.05) is 0 Å². The Balaban J connectivity index is 1.90. The number of aromatic nitrogens is 2. The van der Waals surface area contributed by atoms with Crippen molar-refractivity contribution in [2.75, 3.05) is 26.7 Å². The highest BCUT2D eigenvalue weighted by atomic mass is 79.9. The summed E-state index contributed by atoms with van der Waals surface area (Å²) in [4.78, 5) is 2.42. The second-order valence-electron chi connectivity index (χ2n) is 6.38. The van der Waals surface area contributed by atoms with E-state index in [0.29, 0.717) is 5.41 Å². The van der Waals surface area contributed by atoms with Gasteiger partial charge >= 0.3 is 0 Å². The van der Waals surface area contributed by atoms with Crippen molar-refractivity contribution in [3.05, 3.63) is 15.9 Å². The van der Waals surface area contributed by atoms with Crippen LogP contribution in [0.2, 0.25) is 0 Å². The van der Waals surface area contributed by atoms with Gasteiger partial charge in [-0.25, -0.2) is 0 Å².